The largest absolute Gasteiger partial charge is 0.473 e. The monoisotopic (exact) mass is 548 g/mol. The van der Waals surface area contributed by atoms with Gasteiger partial charge in [0.1, 0.15) is 12.4 Å². The highest BCUT2D eigenvalue weighted by Crippen LogP contribution is 2.38. The van der Waals surface area contributed by atoms with Gasteiger partial charge in [-0.15, -0.1) is 0 Å². The molecule has 1 aromatic carbocycles. The molecule has 38 heavy (non-hydrogen) atoms. The number of carbonyl (C=O) groups excluding carboxylic acids is 1. The summed E-state index contributed by atoms with van der Waals surface area (Å²) < 4.78 is 71.7. The number of rotatable bonds is 7. The predicted molar refractivity (Wildman–Crippen MR) is 134 cm³/mol. The zero-order chi connectivity index (χ0) is 27.7. The molecular formula is C26H27F3N4O4S. The maximum Gasteiger partial charge on any atom is 0.416 e. The Kier molecular flexibility index (Phi) is 7.37. The molecular weight excluding hydrogens is 521 g/mol. The molecule has 12 heteroatoms. The van der Waals surface area contributed by atoms with Crippen molar-refractivity contribution < 1.29 is 31.1 Å². The van der Waals surface area contributed by atoms with Gasteiger partial charge in [0.15, 0.2) is 5.03 Å². The summed E-state index contributed by atoms with van der Waals surface area (Å²) >= 11 is 0. The number of pyridine rings is 2. The first-order valence-corrected chi connectivity index (χ1v) is 13.3. The van der Waals surface area contributed by atoms with E-state index in [4.69, 9.17) is 4.74 Å². The van der Waals surface area contributed by atoms with Crippen molar-refractivity contribution in [3.05, 3.63) is 77.5 Å². The number of hydrogen-bond acceptors (Lipinski definition) is 7. The molecule has 0 radical (unpaired) electrons. The molecule has 0 aliphatic carbocycles. The standard InChI is InChI=1S/C26H27F3N4O4S/c1-17-13-15-33(25(17,2)3)23-20(6-5-14-30-23)24(34)32-38(35,36)22-8-4-7-21(31-22)37-16-18-9-11-19(12-10-18)26(27,28)29/h4-12,14,17H,13,15-16H2,1-3H3,(H,32,34). The Bertz CT molecular complexity index is 1430. The minimum atomic E-state index is -4.45. The van der Waals surface area contributed by atoms with Gasteiger partial charge in [-0.2, -0.15) is 26.6 Å². The van der Waals surface area contributed by atoms with E-state index >= 15 is 0 Å². The van der Waals surface area contributed by atoms with E-state index in [1.54, 1.807) is 12.3 Å². The van der Waals surface area contributed by atoms with Crippen molar-refractivity contribution >= 4 is 21.7 Å². The van der Waals surface area contributed by atoms with Gasteiger partial charge in [-0.3, -0.25) is 4.79 Å². The van der Waals surface area contributed by atoms with Gasteiger partial charge in [-0.25, -0.2) is 9.71 Å². The fourth-order valence-corrected chi connectivity index (χ4v) is 5.13. The lowest BCUT2D eigenvalue weighted by Gasteiger charge is -2.36. The first-order valence-electron chi connectivity index (χ1n) is 11.8. The second kappa shape index (κ2) is 10.2. The molecule has 1 aliphatic heterocycles. The van der Waals surface area contributed by atoms with Gasteiger partial charge in [0, 0.05) is 24.3 Å². The number of sulfonamides is 1. The van der Waals surface area contributed by atoms with Crippen LogP contribution in [0.5, 0.6) is 5.88 Å². The smallest absolute Gasteiger partial charge is 0.416 e. The lowest BCUT2D eigenvalue weighted by atomic mass is 9.90. The number of hydrogen-bond donors (Lipinski definition) is 1. The fourth-order valence-electron chi connectivity index (χ4n) is 4.20. The van der Waals surface area contributed by atoms with Crippen LogP contribution in [0.25, 0.3) is 0 Å². The van der Waals surface area contributed by atoms with Crippen LogP contribution in [0.2, 0.25) is 0 Å². The first-order chi connectivity index (χ1) is 17.8. The maximum atomic E-state index is 13.1. The van der Waals surface area contributed by atoms with Gasteiger partial charge < -0.3 is 9.64 Å². The molecule has 0 bridgehead atoms. The summed E-state index contributed by atoms with van der Waals surface area (Å²) in [4.78, 5) is 23.4. The van der Waals surface area contributed by atoms with E-state index in [0.29, 0.717) is 23.8 Å². The van der Waals surface area contributed by atoms with E-state index < -0.39 is 32.7 Å². The molecule has 202 valence electrons. The Hall–Kier alpha value is -3.67. The number of benzene rings is 1. The zero-order valence-electron chi connectivity index (χ0n) is 21.0. The highest BCUT2D eigenvalue weighted by Gasteiger charge is 2.40. The second-order valence-electron chi connectivity index (χ2n) is 9.60. The van der Waals surface area contributed by atoms with Crippen LogP contribution in [-0.4, -0.2) is 36.4 Å². The molecule has 1 aliphatic rings. The lowest BCUT2D eigenvalue weighted by Crippen LogP contribution is -2.43. The van der Waals surface area contributed by atoms with Crippen molar-refractivity contribution in [3.63, 3.8) is 0 Å². The van der Waals surface area contributed by atoms with Crippen LogP contribution < -0.4 is 14.4 Å². The Balaban J connectivity index is 1.48. The Labute approximate surface area is 218 Å². The molecule has 1 unspecified atom stereocenters. The number of nitrogens with one attached hydrogen (secondary N) is 1. The molecule has 3 aromatic rings. The van der Waals surface area contributed by atoms with Gasteiger partial charge in [0.25, 0.3) is 15.9 Å². The summed E-state index contributed by atoms with van der Waals surface area (Å²) in [5.41, 5.74) is -0.511. The molecule has 1 saturated heterocycles. The molecule has 3 heterocycles. The highest BCUT2D eigenvalue weighted by atomic mass is 32.2. The van der Waals surface area contributed by atoms with E-state index in [1.807, 2.05) is 4.90 Å². The topological polar surface area (TPSA) is 101 Å². The molecule has 1 atom stereocenters. The second-order valence-corrected chi connectivity index (χ2v) is 11.2. The van der Waals surface area contributed by atoms with Crippen LogP contribution >= 0.6 is 0 Å². The number of ether oxygens (including phenoxy) is 1. The zero-order valence-corrected chi connectivity index (χ0v) is 21.8. The quantitative estimate of drug-likeness (QED) is 0.452. The number of aromatic nitrogens is 2. The van der Waals surface area contributed by atoms with Crippen LogP contribution in [-0.2, 0) is 22.8 Å². The minimum absolute atomic E-state index is 0.0740. The number of carbonyl (C=O) groups is 1. The summed E-state index contributed by atoms with van der Waals surface area (Å²) in [5.74, 6) is -0.175. The summed E-state index contributed by atoms with van der Waals surface area (Å²) in [6, 6.07) is 11.5. The van der Waals surface area contributed by atoms with E-state index in [-0.39, 0.29) is 23.6 Å². The average molecular weight is 549 g/mol. The van der Waals surface area contributed by atoms with Crippen molar-refractivity contribution in [3.8, 4) is 5.88 Å². The summed E-state index contributed by atoms with van der Waals surface area (Å²) in [7, 11) is -4.38. The van der Waals surface area contributed by atoms with Crippen molar-refractivity contribution in [2.45, 2.75) is 50.5 Å². The van der Waals surface area contributed by atoms with Crippen molar-refractivity contribution in [1.82, 2.24) is 14.7 Å². The molecule has 1 fully saturated rings. The summed E-state index contributed by atoms with van der Waals surface area (Å²) in [6.45, 7) is 6.77. The van der Waals surface area contributed by atoms with Gasteiger partial charge in [-0.1, -0.05) is 25.1 Å². The average Bonchev–Trinajstić information content (AvgIpc) is 3.14. The van der Waals surface area contributed by atoms with E-state index in [2.05, 4.69) is 35.5 Å². The molecule has 0 spiro atoms. The van der Waals surface area contributed by atoms with E-state index in [0.717, 1.165) is 18.6 Å². The molecule has 4 rings (SSSR count). The Morgan fingerprint density at radius 2 is 1.84 bits per heavy atom. The van der Waals surface area contributed by atoms with Crippen LogP contribution in [0.4, 0.5) is 19.0 Å². The van der Waals surface area contributed by atoms with Crippen LogP contribution in [0.15, 0.2) is 65.8 Å². The lowest BCUT2D eigenvalue weighted by molar-refractivity contribution is -0.137. The maximum absolute atomic E-state index is 13.1. The molecule has 2 aromatic heterocycles. The van der Waals surface area contributed by atoms with Gasteiger partial charge in [0.2, 0.25) is 5.88 Å². The number of nitrogens with zero attached hydrogens (tertiary/aromatic N) is 3. The van der Waals surface area contributed by atoms with Gasteiger partial charge >= 0.3 is 6.18 Å². The van der Waals surface area contributed by atoms with Crippen LogP contribution in [0, 0.1) is 5.92 Å². The fraction of sp³-hybridized carbons (Fsp3) is 0.346. The number of anilines is 1. The predicted octanol–water partition coefficient (Wildman–Crippen LogP) is 4.82. The SMILES string of the molecule is CC1CCN(c2ncccc2C(=O)NS(=O)(=O)c2cccc(OCc3ccc(C(F)(F)F)cc3)n2)C1(C)C. The third-order valence-corrected chi connectivity index (χ3v) is 8.07. The van der Waals surface area contributed by atoms with Crippen LogP contribution in [0.3, 0.4) is 0 Å². The van der Waals surface area contributed by atoms with Crippen molar-refractivity contribution in [2.75, 3.05) is 11.4 Å². The summed E-state index contributed by atoms with van der Waals surface area (Å²) in [6.07, 6.45) is -1.99. The van der Waals surface area contributed by atoms with Gasteiger partial charge in [0.05, 0.1) is 11.1 Å². The highest BCUT2D eigenvalue weighted by molar-refractivity contribution is 7.90. The van der Waals surface area contributed by atoms with Crippen LogP contribution in [0.1, 0.15) is 48.7 Å². The third kappa shape index (κ3) is 5.74. The normalized spacial score (nSPS) is 17.3. The molecule has 1 amide bonds. The number of alkyl halides is 3. The number of halogens is 3. The molecule has 1 N–H and O–H groups in total. The van der Waals surface area contributed by atoms with E-state index in [9.17, 15) is 26.4 Å². The molecule has 0 saturated carbocycles. The summed E-state index contributed by atoms with van der Waals surface area (Å²) in [5, 5.41) is -0.448. The Morgan fingerprint density at radius 3 is 2.47 bits per heavy atom. The van der Waals surface area contributed by atoms with Crippen molar-refractivity contribution in [1.29, 1.82) is 0 Å². The Morgan fingerprint density at radius 1 is 1.13 bits per heavy atom. The van der Waals surface area contributed by atoms with Crippen molar-refractivity contribution in [2.24, 2.45) is 5.92 Å². The third-order valence-electron chi connectivity index (χ3n) is 6.84. The molecule has 8 nitrogen and oxygen atoms in total. The van der Waals surface area contributed by atoms with E-state index in [1.165, 1.54) is 36.4 Å². The first kappa shape index (κ1) is 27.4. The minimum Gasteiger partial charge on any atom is -0.473 e. The van der Waals surface area contributed by atoms with Gasteiger partial charge in [-0.05, 0) is 62.1 Å². The number of amides is 1.